The summed E-state index contributed by atoms with van der Waals surface area (Å²) in [7, 11) is 5.06. The molecule has 1 rings (SSSR count). The van der Waals surface area contributed by atoms with Crippen LogP contribution in [0.4, 0.5) is 0 Å². The fourth-order valence-electron chi connectivity index (χ4n) is 1.01. The van der Waals surface area contributed by atoms with E-state index in [2.05, 4.69) is 9.84 Å². The topological polar surface area (TPSA) is 41.9 Å². The van der Waals surface area contributed by atoms with Gasteiger partial charge in [-0.3, -0.25) is 0 Å². The Morgan fingerprint density at radius 3 is 2.40 bits per heavy atom. The SMILES string of the molecule is COC(=O)c1ccc(C=NN(C)C)cc1. The minimum absolute atomic E-state index is 0.328. The van der Waals surface area contributed by atoms with Gasteiger partial charge in [0.05, 0.1) is 18.9 Å². The predicted molar refractivity (Wildman–Crippen MR) is 59.1 cm³/mol. The molecule has 0 unspecified atom stereocenters. The van der Waals surface area contributed by atoms with Crippen molar-refractivity contribution in [1.82, 2.24) is 5.01 Å². The molecule has 1 aromatic rings. The average molecular weight is 206 g/mol. The van der Waals surface area contributed by atoms with Gasteiger partial charge in [-0.2, -0.15) is 5.10 Å². The summed E-state index contributed by atoms with van der Waals surface area (Å²) in [5.41, 5.74) is 1.48. The summed E-state index contributed by atoms with van der Waals surface area (Å²) in [6.45, 7) is 0. The van der Waals surface area contributed by atoms with E-state index in [0.717, 1.165) is 5.56 Å². The number of nitrogens with zero attached hydrogens (tertiary/aromatic N) is 2. The monoisotopic (exact) mass is 206 g/mol. The van der Waals surface area contributed by atoms with Gasteiger partial charge < -0.3 is 9.75 Å². The lowest BCUT2D eigenvalue weighted by Gasteiger charge is -2.02. The summed E-state index contributed by atoms with van der Waals surface area (Å²) < 4.78 is 4.59. The number of hydrazone groups is 1. The lowest BCUT2D eigenvalue weighted by Crippen LogP contribution is -2.03. The second-order valence-electron chi connectivity index (χ2n) is 3.21. The van der Waals surface area contributed by atoms with Gasteiger partial charge >= 0.3 is 5.97 Å². The molecule has 0 aliphatic rings. The molecule has 0 fully saturated rings. The Balaban J connectivity index is 2.77. The van der Waals surface area contributed by atoms with Gasteiger partial charge in [-0.1, -0.05) is 12.1 Å². The van der Waals surface area contributed by atoms with E-state index in [1.54, 1.807) is 23.4 Å². The van der Waals surface area contributed by atoms with E-state index in [1.165, 1.54) is 7.11 Å². The molecule has 4 nitrogen and oxygen atoms in total. The molecule has 0 saturated heterocycles. The number of esters is 1. The van der Waals surface area contributed by atoms with Crippen molar-refractivity contribution in [2.45, 2.75) is 0 Å². The Labute approximate surface area is 89.2 Å². The van der Waals surface area contributed by atoms with Crippen LogP contribution < -0.4 is 0 Å². The minimum atomic E-state index is -0.328. The van der Waals surface area contributed by atoms with Crippen molar-refractivity contribution in [2.75, 3.05) is 21.2 Å². The summed E-state index contributed by atoms with van der Waals surface area (Å²) in [4.78, 5) is 11.1. The third-order valence-corrected chi connectivity index (χ3v) is 1.77. The summed E-state index contributed by atoms with van der Waals surface area (Å²) >= 11 is 0. The maximum atomic E-state index is 11.1. The first-order valence-corrected chi connectivity index (χ1v) is 4.53. The number of benzene rings is 1. The number of carbonyl (C=O) groups is 1. The molecule has 0 radical (unpaired) electrons. The van der Waals surface area contributed by atoms with E-state index >= 15 is 0 Å². The highest BCUT2D eigenvalue weighted by Gasteiger charge is 2.02. The van der Waals surface area contributed by atoms with E-state index in [1.807, 2.05) is 26.2 Å². The van der Waals surface area contributed by atoms with Crippen LogP contribution in [-0.4, -0.2) is 38.4 Å². The van der Waals surface area contributed by atoms with Crippen molar-refractivity contribution in [1.29, 1.82) is 0 Å². The lowest BCUT2D eigenvalue weighted by atomic mass is 10.1. The Morgan fingerprint density at radius 2 is 1.93 bits per heavy atom. The maximum absolute atomic E-state index is 11.1. The highest BCUT2D eigenvalue weighted by molar-refractivity contribution is 5.90. The Bertz CT molecular complexity index is 355. The van der Waals surface area contributed by atoms with Crippen LogP contribution in [-0.2, 0) is 4.74 Å². The quantitative estimate of drug-likeness (QED) is 0.426. The molecule has 4 heteroatoms. The van der Waals surface area contributed by atoms with Gasteiger partial charge in [-0.05, 0) is 17.7 Å². The lowest BCUT2D eigenvalue weighted by molar-refractivity contribution is 0.0601. The van der Waals surface area contributed by atoms with Crippen molar-refractivity contribution < 1.29 is 9.53 Å². The number of ether oxygens (including phenoxy) is 1. The van der Waals surface area contributed by atoms with Gasteiger partial charge in [-0.25, -0.2) is 4.79 Å². The van der Waals surface area contributed by atoms with Crippen LogP contribution in [0.3, 0.4) is 0 Å². The Hall–Kier alpha value is -1.84. The van der Waals surface area contributed by atoms with Crippen LogP contribution in [0.15, 0.2) is 29.4 Å². The number of carbonyl (C=O) groups excluding carboxylic acids is 1. The summed E-state index contributed by atoms with van der Waals surface area (Å²) in [6, 6.07) is 7.06. The second kappa shape index (κ2) is 5.14. The van der Waals surface area contributed by atoms with Crippen LogP contribution >= 0.6 is 0 Å². The first-order chi connectivity index (χ1) is 7.13. The molecule has 80 valence electrons. The summed E-state index contributed by atoms with van der Waals surface area (Å²) in [6.07, 6.45) is 1.72. The smallest absolute Gasteiger partial charge is 0.337 e. The fraction of sp³-hybridized carbons (Fsp3) is 0.273. The number of methoxy groups -OCH3 is 1. The van der Waals surface area contributed by atoms with Crippen LogP contribution in [0.5, 0.6) is 0 Å². The van der Waals surface area contributed by atoms with E-state index in [0.29, 0.717) is 5.56 Å². The van der Waals surface area contributed by atoms with Crippen LogP contribution in [0.1, 0.15) is 15.9 Å². The van der Waals surface area contributed by atoms with Crippen molar-refractivity contribution in [3.05, 3.63) is 35.4 Å². The first kappa shape index (κ1) is 11.2. The van der Waals surface area contributed by atoms with Gasteiger partial charge in [0, 0.05) is 14.1 Å². The zero-order valence-electron chi connectivity index (χ0n) is 9.10. The Kier molecular flexibility index (Phi) is 3.85. The zero-order chi connectivity index (χ0) is 11.3. The molecule has 1 aromatic carbocycles. The van der Waals surface area contributed by atoms with E-state index < -0.39 is 0 Å². The van der Waals surface area contributed by atoms with Gasteiger partial charge in [0.15, 0.2) is 0 Å². The van der Waals surface area contributed by atoms with Crippen LogP contribution in [0, 0.1) is 0 Å². The van der Waals surface area contributed by atoms with Gasteiger partial charge in [-0.15, -0.1) is 0 Å². The third-order valence-electron chi connectivity index (χ3n) is 1.77. The number of hydrogen-bond donors (Lipinski definition) is 0. The molecule has 15 heavy (non-hydrogen) atoms. The molecule has 0 spiro atoms. The standard InChI is InChI=1S/C11H14N2O2/c1-13(2)12-8-9-4-6-10(7-5-9)11(14)15-3/h4-8H,1-3H3. The van der Waals surface area contributed by atoms with Crippen molar-refractivity contribution in [3.8, 4) is 0 Å². The maximum Gasteiger partial charge on any atom is 0.337 e. The summed E-state index contributed by atoms with van der Waals surface area (Å²) in [5, 5.41) is 5.78. The van der Waals surface area contributed by atoms with E-state index in [-0.39, 0.29) is 5.97 Å². The molecule has 0 aliphatic carbocycles. The molecule has 0 aromatic heterocycles. The molecule has 0 heterocycles. The van der Waals surface area contributed by atoms with Crippen molar-refractivity contribution in [3.63, 3.8) is 0 Å². The summed E-state index contributed by atoms with van der Waals surface area (Å²) in [5.74, 6) is -0.328. The third kappa shape index (κ3) is 3.42. The molecule has 0 bridgehead atoms. The minimum Gasteiger partial charge on any atom is -0.465 e. The molecule has 0 N–H and O–H groups in total. The number of rotatable bonds is 3. The van der Waals surface area contributed by atoms with Crippen LogP contribution in [0.25, 0.3) is 0 Å². The first-order valence-electron chi connectivity index (χ1n) is 4.53. The molecule has 0 amide bonds. The Morgan fingerprint density at radius 1 is 1.33 bits per heavy atom. The van der Waals surface area contributed by atoms with E-state index in [9.17, 15) is 4.79 Å². The van der Waals surface area contributed by atoms with E-state index in [4.69, 9.17) is 0 Å². The molecular formula is C11H14N2O2. The van der Waals surface area contributed by atoms with Gasteiger partial charge in [0.25, 0.3) is 0 Å². The highest BCUT2D eigenvalue weighted by atomic mass is 16.5. The molecular weight excluding hydrogens is 192 g/mol. The molecule has 0 aliphatic heterocycles. The second-order valence-corrected chi connectivity index (χ2v) is 3.21. The molecule has 0 saturated carbocycles. The number of hydrogen-bond acceptors (Lipinski definition) is 4. The predicted octanol–water partition coefficient (Wildman–Crippen LogP) is 1.37. The average Bonchev–Trinajstić information content (AvgIpc) is 2.26. The van der Waals surface area contributed by atoms with Crippen LogP contribution in [0.2, 0.25) is 0 Å². The zero-order valence-corrected chi connectivity index (χ0v) is 9.10. The fourth-order valence-corrected chi connectivity index (χ4v) is 1.01. The normalized spacial score (nSPS) is 10.3. The van der Waals surface area contributed by atoms with Gasteiger partial charge in [0.1, 0.15) is 0 Å². The van der Waals surface area contributed by atoms with Crippen molar-refractivity contribution >= 4 is 12.2 Å². The molecule has 0 atom stereocenters. The highest BCUT2D eigenvalue weighted by Crippen LogP contribution is 2.03. The van der Waals surface area contributed by atoms with Gasteiger partial charge in [0.2, 0.25) is 0 Å². The van der Waals surface area contributed by atoms with Crippen molar-refractivity contribution in [2.24, 2.45) is 5.10 Å². The largest absolute Gasteiger partial charge is 0.465 e.